The highest BCUT2D eigenvalue weighted by Crippen LogP contribution is 2.23. The summed E-state index contributed by atoms with van der Waals surface area (Å²) in [6, 6.07) is 3.66. The van der Waals surface area contributed by atoms with Crippen LogP contribution in [0.4, 0.5) is 0 Å². The molecule has 1 fully saturated rings. The molecule has 4 heterocycles. The summed E-state index contributed by atoms with van der Waals surface area (Å²) in [4.78, 5) is 18.4. The number of hydrogen-bond acceptors (Lipinski definition) is 7. The minimum absolute atomic E-state index is 0.0415. The van der Waals surface area contributed by atoms with Crippen LogP contribution in [0.3, 0.4) is 0 Å². The van der Waals surface area contributed by atoms with Gasteiger partial charge in [0.15, 0.2) is 5.69 Å². The van der Waals surface area contributed by atoms with E-state index < -0.39 is 0 Å². The van der Waals surface area contributed by atoms with E-state index in [9.17, 15) is 4.79 Å². The van der Waals surface area contributed by atoms with Gasteiger partial charge in [-0.15, -0.1) is 5.10 Å². The summed E-state index contributed by atoms with van der Waals surface area (Å²) < 4.78 is 12.0. The number of nitrogens with zero attached hydrogens (tertiary/aromatic N) is 6. The minimum atomic E-state index is -0.0415. The highest BCUT2D eigenvalue weighted by atomic mass is 16.5. The molecule has 3 aromatic rings. The maximum Gasteiger partial charge on any atom is 0.246 e. The zero-order valence-corrected chi connectivity index (χ0v) is 14.3. The van der Waals surface area contributed by atoms with Gasteiger partial charge in [-0.05, 0) is 31.1 Å². The van der Waals surface area contributed by atoms with Crippen molar-refractivity contribution in [3.63, 3.8) is 0 Å². The molecule has 1 amide bonds. The normalized spacial score (nSPS) is 17.9. The Labute approximate surface area is 149 Å². The van der Waals surface area contributed by atoms with Crippen molar-refractivity contribution < 1.29 is 13.7 Å². The quantitative estimate of drug-likeness (QED) is 0.661. The SMILES string of the molecule is Cc1nc(-c2cn(C3CCCN(C(=O)C=Cc4ccco4)C3)nn2)no1. The Balaban J connectivity index is 1.43. The van der Waals surface area contributed by atoms with E-state index >= 15 is 0 Å². The molecule has 3 aromatic heterocycles. The third kappa shape index (κ3) is 3.41. The number of furan rings is 1. The van der Waals surface area contributed by atoms with Crippen molar-refractivity contribution >= 4 is 12.0 Å². The number of amides is 1. The molecule has 1 atom stereocenters. The fourth-order valence-electron chi connectivity index (χ4n) is 2.98. The lowest BCUT2D eigenvalue weighted by Crippen LogP contribution is -2.40. The van der Waals surface area contributed by atoms with E-state index in [1.807, 2.05) is 4.90 Å². The van der Waals surface area contributed by atoms with E-state index in [1.54, 1.807) is 42.3 Å². The first-order chi connectivity index (χ1) is 12.7. The second kappa shape index (κ2) is 6.95. The van der Waals surface area contributed by atoms with Crippen LogP contribution in [-0.2, 0) is 4.79 Å². The summed E-state index contributed by atoms with van der Waals surface area (Å²) in [6.45, 7) is 3.03. The Hall–Kier alpha value is -3.23. The van der Waals surface area contributed by atoms with Crippen LogP contribution in [0.15, 0.2) is 39.6 Å². The van der Waals surface area contributed by atoms with Gasteiger partial charge in [-0.2, -0.15) is 4.98 Å². The maximum atomic E-state index is 12.4. The Morgan fingerprint density at radius 1 is 1.42 bits per heavy atom. The van der Waals surface area contributed by atoms with Gasteiger partial charge in [0, 0.05) is 26.1 Å². The number of aromatic nitrogens is 5. The zero-order chi connectivity index (χ0) is 17.9. The van der Waals surface area contributed by atoms with Crippen molar-refractivity contribution in [1.82, 2.24) is 30.0 Å². The van der Waals surface area contributed by atoms with Crippen molar-refractivity contribution in [3.05, 3.63) is 42.3 Å². The molecule has 9 nitrogen and oxygen atoms in total. The molecule has 1 aliphatic rings. The van der Waals surface area contributed by atoms with Crippen LogP contribution in [0.5, 0.6) is 0 Å². The van der Waals surface area contributed by atoms with Gasteiger partial charge in [-0.25, -0.2) is 4.68 Å². The smallest absolute Gasteiger partial charge is 0.246 e. The molecule has 0 bridgehead atoms. The number of hydrogen-bond donors (Lipinski definition) is 0. The Bertz CT molecular complexity index is 911. The highest BCUT2D eigenvalue weighted by Gasteiger charge is 2.25. The zero-order valence-electron chi connectivity index (χ0n) is 14.3. The number of carbonyl (C=O) groups excluding carboxylic acids is 1. The third-order valence-corrected chi connectivity index (χ3v) is 4.28. The lowest BCUT2D eigenvalue weighted by Gasteiger charge is -2.31. The van der Waals surface area contributed by atoms with Gasteiger partial charge in [0.25, 0.3) is 0 Å². The Morgan fingerprint density at radius 2 is 2.35 bits per heavy atom. The van der Waals surface area contributed by atoms with Crippen molar-refractivity contribution in [3.8, 4) is 11.5 Å². The first-order valence-corrected chi connectivity index (χ1v) is 8.42. The monoisotopic (exact) mass is 354 g/mol. The van der Waals surface area contributed by atoms with Crippen LogP contribution in [-0.4, -0.2) is 49.0 Å². The highest BCUT2D eigenvalue weighted by molar-refractivity contribution is 5.91. The fourth-order valence-corrected chi connectivity index (χ4v) is 2.98. The molecule has 0 saturated carbocycles. The van der Waals surface area contributed by atoms with Crippen LogP contribution in [0.25, 0.3) is 17.6 Å². The van der Waals surface area contributed by atoms with Crippen molar-refractivity contribution in [2.45, 2.75) is 25.8 Å². The molecule has 0 aliphatic carbocycles. The first kappa shape index (κ1) is 16.2. The summed E-state index contributed by atoms with van der Waals surface area (Å²) in [5.74, 6) is 1.51. The molecule has 0 spiro atoms. The molecule has 1 saturated heterocycles. The first-order valence-electron chi connectivity index (χ1n) is 8.42. The van der Waals surface area contributed by atoms with E-state index in [0.717, 1.165) is 19.4 Å². The minimum Gasteiger partial charge on any atom is -0.465 e. The van der Waals surface area contributed by atoms with Gasteiger partial charge in [0.2, 0.25) is 17.6 Å². The molecule has 134 valence electrons. The van der Waals surface area contributed by atoms with Crippen molar-refractivity contribution in [1.29, 1.82) is 0 Å². The van der Waals surface area contributed by atoms with E-state index in [1.165, 1.54) is 6.08 Å². The molecule has 0 aromatic carbocycles. The summed E-state index contributed by atoms with van der Waals surface area (Å²) in [5, 5.41) is 12.1. The van der Waals surface area contributed by atoms with Gasteiger partial charge < -0.3 is 13.8 Å². The average Bonchev–Trinajstić information content (AvgIpc) is 3.41. The van der Waals surface area contributed by atoms with E-state index in [0.29, 0.717) is 29.7 Å². The van der Waals surface area contributed by atoms with Gasteiger partial charge in [-0.1, -0.05) is 10.4 Å². The number of carbonyl (C=O) groups is 1. The predicted octanol–water partition coefficient (Wildman–Crippen LogP) is 2.11. The molecule has 0 N–H and O–H groups in total. The number of aryl methyl sites for hydroxylation is 1. The van der Waals surface area contributed by atoms with E-state index in [4.69, 9.17) is 8.94 Å². The van der Waals surface area contributed by atoms with Crippen LogP contribution in [0.1, 0.15) is 30.5 Å². The Morgan fingerprint density at radius 3 is 3.12 bits per heavy atom. The van der Waals surface area contributed by atoms with Crippen molar-refractivity contribution in [2.24, 2.45) is 0 Å². The van der Waals surface area contributed by atoms with Gasteiger partial charge in [0.05, 0.1) is 18.5 Å². The van der Waals surface area contributed by atoms with Crippen LogP contribution < -0.4 is 0 Å². The molecule has 9 heteroatoms. The Kier molecular flexibility index (Phi) is 4.34. The molecular formula is C17H18N6O3. The van der Waals surface area contributed by atoms with E-state index in [2.05, 4.69) is 20.5 Å². The number of rotatable bonds is 4. The summed E-state index contributed by atoms with van der Waals surface area (Å²) in [5.41, 5.74) is 0.558. The van der Waals surface area contributed by atoms with Gasteiger partial charge in [-0.3, -0.25) is 4.79 Å². The molecular weight excluding hydrogens is 336 g/mol. The molecule has 1 aliphatic heterocycles. The fraction of sp³-hybridized carbons (Fsp3) is 0.353. The van der Waals surface area contributed by atoms with E-state index in [-0.39, 0.29) is 11.9 Å². The molecule has 26 heavy (non-hydrogen) atoms. The maximum absolute atomic E-state index is 12.4. The lowest BCUT2D eigenvalue weighted by molar-refractivity contribution is -0.127. The van der Waals surface area contributed by atoms with Crippen molar-refractivity contribution in [2.75, 3.05) is 13.1 Å². The van der Waals surface area contributed by atoms with Crippen LogP contribution >= 0.6 is 0 Å². The third-order valence-electron chi connectivity index (χ3n) is 4.28. The topological polar surface area (TPSA) is 103 Å². The lowest BCUT2D eigenvalue weighted by atomic mass is 10.1. The number of likely N-dealkylation sites (tertiary alicyclic amines) is 1. The summed E-state index contributed by atoms with van der Waals surface area (Å²) in [6.07, 6.45) is 8.42. The standard InChI is InChI=1S/C17H18N6O3/c1-12-18-17(20-26-12)15-11-23(21-19-15)13-4-2-8-22(10-13)16(24)7-6-14-5-3-9-25-14/h3,5-7,9,11,13H,2,4,8,10H2,1H3. The molecule has 1 unspecified atom stereocenters. The van der Waals surface area contributed by atoms with Crippen LogP contribution in [0.2, 0.25) is 0 Å². The molecule has 4 rings (SSSR count). The second-order valence-electron chi connectivity index (χ2n) is 6.15. The second-order valence-corrected chi connectivity index (χ2v) is 6.15. The summed E-state index contributed by atoms with van der Waals surface area (Å²) in [7, 11) is 0. The average molecular weight is 354 g/mol. The summed E-state index contributed by atoms with van der Waals surface area (Å²) >= 11 is 0. The molecule has 0 radical (unpaired) electrons. The number of piperidine rings is 1. The van der Waals surface area contributed by atoms with Crippen LogP contribution in [0, 0.1) is 6.92 Å². The largest absolute Gasteiger partial charge is 0.465 e. The van der Waals surface area contributed by atoms with Gasteiger partial charge in [0.1, 0.15) is 5.76 Å². The predicted molar refractivity (Wildman–Crippen MR) is 90.6 cm³/mol. The van der Waals surface area contributed by atoms with Gasteiger partial charge >= 0.3 is 0 Å².